The van der Waals surface area contributed by atoms with Crippen LogP contribution in [0.4, 0.5) is 11.6 Å². The smallest absolute Gasteiger partial charge is 0.226 e. The summed E-state index contributed by atoms with van der Waals surface area (Å²) in [5.74, 6) is 1.94. The van der Waals surface area contributed by atoms with Crippen molar-refractivity contribution < 1.29 is 13.9 Å². The minimum atomic E-state index is -0.154. The molecule has 8 nitrogen and oxygen atoms in total. The van der Waals surface area contributed by atoms with Crippen LogP contribution in [-0.4, -0.2) is 47.4 Å². The second kappa shape index (κ2) is 6.55. The van der Waals surface area contributed by atoms with Crippen molar-refractivity contribution in [3.05, 3.63) is 47.9 Å². The van der Waals surface area contributed by atoms with Crippen molar-refractivity contribution in [2.24, 2.45) is 0 Å². The van der Waals surface area contributed by atoms with Gasteiger partial charge in [-0.25, -0.2) is 4.98 Å². The lowest BCUT2D eigenvalue weighted by Gasteiger charge is -2.32. The second-order valence-electron chi connectivity index (χ2n) is 6.66. The number of nitrogens with one attached hydrogen (secondary N) is 2. The number of hydrogen-bond acceptors (Lipinski definition) is 6. The fourth-order valence-corrected chi connectivity index (χ4v) is 3.85. The van der Waals surface area contributed by atoms with Gasteiger partial charge in [-0.15, -0.1) is 0 Å². The molecule has 0 bridgehead atoms. The molecule has 0 spiro atoms. The van der Waals surface area contributed by atoms with E-state index in [2.05, 4.69) is 25.4 Å². The van der Waals surface area contributed by atoms with E-state index in [1.807, 2.05) is 24.3 Å². The molecule has 0 aromatic carbocycles. The Balaban J connectivity index is 1.63. The number of carbonyl (C=O) groups excluding carboxylic acids is 1. The van der Waals surface area contributed by atoms with Gasteiger partial charge in [0.05, 0.1) is 19.5 Å². The minimum absolute atomic E-state index is 0.0539. The number of furan rings is 1. The molecule has 5 heterocycles. The van der Waals surface area contributed by atoms with Crippen molar-refractivity contribution in [1.82, 2.24) is 15.2 Å². The number of anilines is 2. The predicted molar refractivity (Wildman–Crippen MR) is 98.6 cm³/mol. The molecule has 2 aliphatic heterocycles. The third-order valence-electron chi connectivity index (χ3n) is 5.07. The van der Waals surface area contributed by atoms with E-state index in [0.717, 1.165) is 35.7 Å². The van der Waals surface area contributed by atoms with Crippen LogP contribution in [0.3, 0.4) is 0 Å². The maximum Gasteiger partial charge on any atom is 0.226 e. The van der Waals surface area contributed by atoms with Crippen LogP contribution in [0.1, 0.15) is 23.5 Å². The molecule has 2 N–H and O–H groups in total. The standard InChI is InChI=1S/C19H19N5O3/c25-15-11-13(12-3-1-5-20-19(12)24-6-9-26-10-7-24)16-17(14-4-2-8-27-14)22-23-18(16)21-15/h1-5,8,13H,6-7,9-11H2,(H2,21,22,23,25). The highest BCUT2D eigenvalue weighted by molar-refractivity contribution is 5.96. The van der Waals surface area contributed by atoms with Gasteiger partial charge in [0.25, 0.3) is 0 Å². The highest BCUT2D eigenvalue weighted by Crippen LogP contribution is 2.44. The molecule has 3 aromatic rings. The molecule has 0 aliphatic carbocycles. The predicted octanol–water partition coefficient (Wildman–Crippen LogP) is 2.38. The Labute approximate surface area is 155 Å². The number of fused-ring (bicyclic) bond motifs is 1. The normalized spacial score (nSPS) is 19.6. The van der Waals surface area contributed by atoms with Crippen molar-refractivity contribution in [1.29, 1.82) is 0 Å². The van der Waals surface area contributed by atoms with E-state index in [1.165, 1.54) is 0 Å². The van der Waals surface area contributed by atoms with Crippen LogP contribution < -0.4 is 10.2 Å². The number of hydrogen-bond donors (Lipinski definition) is 2. The number of aromatic amines is 1. The number of pyridine rings is 1. The summed E-state index contributed by atoms with van der Waals surface area (Å²) in [5.41, 5.74) is 2.74. The Hall–Kier alpha value is -3.13. The van der Waals surface area contributed by atoms with Crippen LogP contribution in [0.15, 0.2) is 41.1 Å². The molecule has 1 saturated heterocycles. The Morgan fingerprint density at radius 3 is 2.89 bits per heavy atom. The first-order valence-corrected chi connectivity index (χ1v) is 9.01. The molecule has 8 heteroatoms. The Bertz CT molecular complexity index is 960. The maximum atomic E-state index is 12.4. The van der Waals surface area contributed by atoms with E-state index in [1.54, 1.807) is 12.5 Å². The minimum Gasteiger partial charge on any atom is -0.463 e. The van der Waals surface area contributed by atoms with Gasteiger partial charge >= 0.3 is 0 Å². The maximum absolute atomic E-state index is 12.4. The Kier molecular flexibility index (Phi) is 3.90. The summed E-state index contributed by atoms with van der Waals surface area (Å²) in [7, 11) is 0. The average Bonchev–Trinajstić information content (AvgIpc) is 3.37. The molecule has 1 amide bonds. The number of H-pyrrole nitrogens is 1. The van der Waals surface area contributed by atoms with Crippen molar-refractivity contribution >= 4 is 17.5 Å². The first-order valence-electron chi connectivity index (χ1n) is 9.01. The highest BCUT2D eigenvalue weighted by atomic mass is 16.5. The zero-order chi connectivity index (χ0) is 18.2. The molecule has 1 unspecified atom stereocenters. The van der Waals surface area contributed by atoms with Crippen molar-refractivity contribution in [2.75, 3.05) is 36.5 Å². The Morgan fingerprint density at radius 2 is 2.07 bits per heavy atom. The van der Waals surface area contributed by atoms with E-state index < -0.39 is 0 Å². The molecule has 2 aliphatic rings. The quantitative estimate of drug-likeness (QED) is 0.740. The lowest BCUT2D eigenvalue weighted by atomic mass is 9.85. The number of morpholine rings is 1. The van der Waals surface area contributed by atoms with E-state index in [-0.39, 0.29) is 11.8 Å². The topological polar surface area (TPSA) is 96.3 Å². The number of aromatic nitrogens is 3. The lowest BCUT2D eigenvalue weighted by Crippen LogP contribution is -2.38. The van der Waals surface area contributed by atoms with Crippen LogP contribution in [0.5, 0.6) is 0 Å². The summed E-state index contributed by atoms with van der Waals surface area (Å²) >= 11 is 0. The zero-order valence-electron chi connectivity index (χ0n) is 14.6. The fraction of sp³-hybridized carbons (Fsp3) is 0.316. The summed E-state index contributed by atoms with van der Waals surface area (Å²) in [6.45, 7) is 2.92. The molecule has 3 aromatic heterocycles. The van der Waals surface area contributed by atoms with Gasteiger partial charge in [0.1, 0.15) is 11.5 Å². The number of rotatable bonds is 3. The van der Waals surface area contributed by atoms with Crippen LogP contribution in [0.2, 0.25) is 0 Å². The average molecular weight is 365 g/mol. The lowest BCUT2D eigenvalue weighted by molar-refractivity contribution is -0.116. The van der Waals surface area contributed by atoms with Crippen molar-refractivity contribution in [2.45, 2.75) is 12.3 Å². The zero-order valence-corrected chi connectivity index (χ0v) is 14.6. The number of nitrogens with zero attached hydrogens (tertiary/aromatic N) is 3. The summed E-state index contributed by atoms with van der Waals surface area (Å²) in [5, 5.41) is 10.2. The second-order valence-corrected chi connectivity index (χ2v) is 6.66. The Morgan fingerprint density at radius 1 is 1.19 bits per heavy atom. The summed E-state index contributed by atoms with van der Waals surface area (Å²) in [6.07, 6.45) is 3.76. The van der Waals surface area contributed by atoms with Gasteiger partial charge in [0.2, 0.25) is 5.91 Å². The van der Waals surface area contributed by atoms with Crippen LogP contribution in [0, 0.1) is 0 Å². The van der Waals surface area contributed by atoms with E-state index in [0.29, 0.717) is 31.2 Å². The SMILES string of the molecule is O=C1CC(c2cccnc2N2CCOCC2)c2c(n[nH]c2-c2ccco2)N1. The third-order valence-corrected chi connectivity index (χ3v) is 5.07. The first kappa shape index (κ1) is 16.1. The van der Waals surface area contributed by atoms with Gasteiger partial charge in [-0.2, -0.15) is 5.10 Å². The molecular formula is C19H19N5O3. The van der Waals surface area contributed by atoms with E-state index in [9.17, 15) is 4.79 Å². The van der Waals surface area contributed by atoms with Crippen molar-refractivity contribution in [3.8, 4) is 11.5 Å². The van der Waals surface area contributed by atoms with Gasteiger partial charge < -0.3 is 19.4 Å². The summed E-state index contributed by atoms with van der Waals surface area (Å²) in [6, 6.07) is 7.68. The highest BCUT2D eigenvalue weighted by Gasteiger charge is 2.35. The van der Waals surface area contributed by atoms with E-state index in [4.69, 9.17) is 9.15 Å². The monoisotopic (exact) mass is 365 g/mol. The molecule has 0 saturated carbocycles. The van der Waals surface area contributed by atoms with Gasteiger partial charge in [-0.1, -0.05) is 6.07 Å². The molecular weight excluding hydrogens is 346 g/mol. The number of ether oxygens (including phenoxy) is 1. The van der Waals surface area contributed by atoms with Gasteiger partial charge in [0, 0.05) is 42.8 Å². The largest absolute Gasteiger partial charge is 0.463 e. The first-order chi connectivity index (χ1) is 13.3. The van der Waals surface area contributed by atoms with Gasteiger partial charge in [-0.05, 0) is 18.2 Å². The van der Waals surface area contributed by atoms with Gasteiger partial charge in [-0.3, -0.25) is 9.89 Å². The number of carbonyl (C=O) groups is 1. The van der Waals surface area contributed by atoms with Crippen LogP contribution >= 0.6 is 0 Å². The molecule has 1 fully saturated rings. The molecule has 1 atom stereocenters. The van der Waals surface area contributed by atoms with Crippen LogP contribution in [0.25, 0.3) is 11.5 Å². The van der Waals surface area contributed by atoms with E-state index >= 15 is 0 Å². The molecule has 5 rings (SSSR count). The molecule has 138 valence electrons. The van der Waals surface area contributed by atoms with Crippen LogP contribution in [-0.2, 0) is 9.53 Å². The summed E-state index contributed by atoms with van der Waals surface area (Å²) in [4.78, 5) is 19.2. The molecule has 0 radical (unpaired) electrons. The number of amides is 1. The van der Waals surface area contributed by atoms with Gasteiger partial charge in [0.15, 0.2) is 11.6 Å². The van der Waals surface area contributed by atoms with Crippen molar-refractivity contribution in [3.63, 3.8) is 0 Å². The third kappa shape index (κ3) is 2.78. The molecule has 27 heavy (non-hydrogen) atoms. The fourth-order valence-electron chi connectivity index (χ4n) is 3.85. The summed E-state index contributed by atoms with van der Waals surface area (Å²) < 4.78 is 11.0.